The fourth-order valence-electron chi connectivity index (χ4n) is 7.58. The monoisotopic (exact) mass is 749 g/mol. The van der Waals surface area contributed by atoms with Gasteiger partial charge < -0.3 is 29.8 Å². The van der Waals surface area contributed by atoms with Gasteiger partial charge in [0.05, 0.1) is 49.4 Å². The van der Waals surface area contributed by atoms with E-state index in [1.807, 2.05) is 84.9 Å². The van der Waals surface area contributed by atoms with Gasteiger partial charge >= 0.3 is 6.09 Å². The predicted molar refractivity (Wildman–Crippen MR) is 216 cm³/mol. The van der Waals surface area contributed by atoms with Gasteiger partial charge in [-0.05, 0) is 59.6 Å². The number of carbonyl (C=O) groups excluding carboxylic acids is 3. The van der Waals surface area contributed by atoms with Gasteiger partial charge in [0, 0.05) is 13.1 Å². The molecular formula is C45H47N7O4. The largest absolute Gasteiger partial charge is 0.453 e. The third kappa shape index (κ3) is 8.27. The molecule has 6 aromatic rings. The second kappa shape index (κ2) is 17.3. The molecule has 11 heteroatoms. The lowest BCUT2D eigenvalue weighted by atomic mass is 10.0. The van der Waals surface area contributed by atoms with E-state index in [1.54, 1.807) is 4.90 Å². The molecule has 3 amide bonds. The van der Waals surface area contributed by atoms with Crippen molar-refractivity contribution in [3.05, 3.63) is 144 Å². The first-order valence-electron chi connectivity index (χ1n) is 19.2. The maximum atomic E-state index is 13.9. The van der Waals surface area contributed by atoms with Crippen molar-refractivity contribution < 1.29 is 19.1 Å². The molecule has 56 heavy (non-hydrogen) atoms. The summed E-state index contributed by atoms with van der Waals surface area (Å²) in [5, 5.41) is 2.72. The van der Waals surface area contributed by atoms with Crippen molar-refractivity contribution in [3.63, 3.8) is 0 Å². The molecule has 3 N–H and O–H groups in total. The number of aromatic nitrogens is 4. The summed E-state index contributed by atoms with van der Waals surface area (Å²) < 4.78 is 4.83. The standard InChI is InChI=1S/C45H47N7O4/c1-4-38(51(5-2)40(53)27-30-13-8-6-9-14-30)42-46-28-36(48-42)33-22-18-31(19-23-33)32-20-24-34(25-21-32)37-29-47-43(49-37)39-17-12-26-52(39)44(54)41(50-45(55)56-3)35-15-10-7-11-16-35/h6-11,13-16,18-25,28-29,38-39,41H,4-5,12,17,26-27H2,1-3H3,(H,46,48)(H,47,49)(H,50,55)/t38-,39-,41+/m0/s1. The molecule has 4 aromatic carbocycles. The number of ether oxygens (including phenoxy) is 1. The van der Waals surface area contributed by atoms with Crippen LogP contribution in [-0.2, 0) is 20.7 Å². The number of likely N-dealkylation sites (N-methyl/N-ethyl adjacent to an activating group) is 1. The summed E-state index contributed by atoms with van der Waals surface area (Å²) in [4.78, 5) is 59.5. The van der Waals surface area contributed by atoms with Gasteiger partial charge in [0.25, 0.3) is 5.91 Å². The van der Waals surface area contributed by atoms with Gasteiger partial charge in [-0.1, -0.05) is 116 Å². The minimum absolute atomic E-state index is 0.0860. The molecule has 0 bridgehead atoms. The number of hydrogen-bond donors (Lipinski definition) is 3. The number of H-pyrrole nitrogens is 2. The molecular weight excluding hydrogens is 703 g/mol. The number of nitrogens with zero attached hydrogens (tertiary/aromatic N) is 4. The molecule has 11 nitrogen and oxygen atoms in total. The van der Waals surface area contributed by atoms with E-state index in [9.17, 15) is 14.4 Å². The first-order chi connectivity index (χ1) is 27.4. The SMILES string of the molecule is CC[C@@H](c1ncc(-c2ccc(-c3ccc(-c4cnc([C@@H]5CCCN5C(=O)[C@H](NC(=O)OC)c5ccccc5)[nH]4)cc3)cc2)[nH]1)N(CC)C(=O)Cc1ccccc1. The summed E-state index contributed by atoms with van der Waals surface area (Å²) in [5.41, 5.74) is 7.59. The minimum Gasteiger partial charge on any atom is -0.453 e. The number of amides is 3. The van der Waals surface area contributed by atoms with E-state index in [1.165, 1.54) is 7.11 Å². The quantitative estimate of drug-likeness (QED) is 0.108. The van der Waals surface area contributed by atoms with Crippen LogP contribution >= 0.6 is 0 Å². The number of benzene rings is 4. The predicted octanol–water partition coefficient (Wildman–Crippen LogP) is 8.44. The summed E-state index contributed by atoms with van der Waals surface area (Å²) in [6, 6.07) is 34.5. The van der Waals surface area contributed by atoms with Crippen molar-refractivity contribution >= 4 is 17.9 Å². The molecule has 0 radical (unpaired) electrons. The Balaban J connectivity index is 1.01. The van der Waals surface area contributed by atoms with Gasteiger partial charge in [-0.15, -0.1) is 0 Å². The highest BCUT2D eigenvalue weighted by atomic mass is 16.5. The molecule has 7 rings (SSSR count). The lowest BCUT2D eigenvalue weighted by molar-refractivity contribution is -0.135. The maximum absolute atomic E-state index is 13.9. The molecule has 1 aliphatic rings. The number of alkyl carbamates (subject to hydrolysis) is 1. The van der Waals surface area contributed by atoms with E-state index >= 15 is 0 Å². The van der Waals surface area contributed by atoms with E-state index < -0.39 is 12.1 Å². The van der Waals surface area contributed by atoms with E-state index in [-0.39, 0.29) is 23.9 Å². The fourth-order valence-corrected chi connectivity index (χ4v) is 7.58. The number of rotatable bonds is 13. The number of likely N-dealkylation sites (tertiary alicyclic amines) is 1. The number of methoxy groups -OCH3 is 1. The molecule has 286 valence electrons. The number of aromatic amines is 2. The normalized spacial score (nSPS) is 14.9. The van der Waals surface area contributed by atoms with Crippen LogP contribution in [0.15, 0.2) is 122 Å². The smallest absolute Gasteiger partial charge is 0.407 e. The van der Waals surface area contributed by atoms with Gasteiger partial charge in [0.15, 0.2) is 0 Å². The van der Waals surface area contributed by atoms with Crippen LogP contribution in [-0.4, -0.2) is 67.8 Å². The van der Waals surface area contributed by atoms with Gasteiger partial charge in [0.2, 0.25) is 5.91 Å². The van der Waals surface area contributed by atoms with Gasteiger partial charge in [-0.25, -0.2) is 14.8 Å². The highest BCUT2D eigenvalue weighted by Gasteiger charge is 2.37. The number of imidazole rings is 2. The summed E-state index contributed by atoms with van der Waals surface area (Å²) in [5.74, 6) is 1.38. The van der Waals surface area contributed by atoms with Crippen molar-refractivity contribution in [3.8, 4) is 33.6 Å². The summed E-state index contributed by atoms with van der Waals surface area (Å²) in [6.07, 6.45) is 5.69. The van der Waals surface area contributed by atoms with Crippen molar-refractivity contribution in [2.75, 3.05) is 20.2 Å². The van der Waals surface area contributed by atoms with E-state index in [0.717, 1.165) is 64.3 Å². The Morgan fingerprint density at radius 1 is 0.804 bits per heavy atom. The molecule has 3 heterocycles. The average Bonchev–Trinajstić information content (AvgIpc) is 4.05. The van der Waals surface area contributed by atoms with Crippen LogP contribution in [0.5, 0.6) is 0 Å². The van der Waals surface area contributed by atoms with Crippen molar-refractivity contribution in [2.24, 2.45) is 0 Å². The Bertz CT molecular complexity index is 2230. The van der Waals surface area contributed by atoms with E-state index in [0.29, 0.717) is 30.9 Å². The first-order valence-corrected chi connectivity index (χ1v) is 19.2. The van der Waals surface area contributed by atoms with Crippen molar-refractivity contribution in [2.45, 2.75) is 57.7 Å². The Morgan fingerprint density at radius 3 is 2.00 bits per heavy atom. The van der Waals surface area contributed by atoms with E-state index in [2.05, 4.69) is 70.7 Å². The highest BCUT2D eigenvalue weighted by molar-refractivity contribution is 5.87. The molecule has 2 aromatic heterocycles. The third-order valence-corrected chi connectivity index (χ3v) is 10.5. The molecule has 1 aliphatic heterocycles. The van der Waals surface area contributed by atoms with E-state index in [4.69, 9.17) is 14.7 Å². The van der Waals surface area contributed by atoms with Gasteiger partial charge in [0.1, 0.15) is 17.7 Å². The minimum atomic E-state index is -0.871. The van der Waals surface area contributed by atoms with Crippen molar-refractivity contribution in [1.29, 1.82) is 0 Å². The molecule has 3 atom stereocenters. The Morgan fingerprint density at radius 2 is 1.39 bits per heavy atom. The summed E-state index contributed by atoms with van der Waals surface area (Å²) >= 11 is 0. The molecule has 0 unspecified atom stereocenters. The van der Waals surface area contributed by atoms with Crippen molar-refractivity contribution in [1.82, 2.24) is 35.1 Å². The molecule has 0 saturated carbocycles. The Labute approximate surface area is 327 Å². The zero-order chi connectivity index (χ0) is 39.0. The second-order valence-electron chi connectivity index (χ2n) is 14.0. The zero-order valence-corrected chi connectivity index (χ0v) is 31.9. The first kappa shape index (κ1) is 37.8. The van der Waals surface area contributed by atoms with Gasteiger partial charge in [-0.3, -0.25) is 9.59 Å². The Kier molecular flexibility index (Phi) is 11.7. The number of nitrogens with one attached hydrogen (secondary N) is 3. The average molecular weight is 750 g/mol. The molecule has 0 aliphatic carbocycles. The highest BCUT2D eigenvalue weighted by Crippen LogP contribution is 2.35. The van der Waals surface area contributed by atoms with Crippen LogP contribution in [0.3, 0.4) is 0 Å². The van der Waals surface area contributed by atoms with Crippen LogP contribution < -0.4 is 5.32 Å². The second-order valence-corrected chi connectivity index (χ2v) is 14.0. The number of carbonyl (C=O) groups is 3. The lowest BCUT2D eigenvalue weighted by Gasteiger charge is -2.29. The van der Waals surface area contributed by atoms with Crippen LogP contribution in [0, 0.1) is 0 Å². The maximum Gasteiger partial charge on any atom is 0.407 e. The topological polar surface area (TPSA) is 136 Å². The summed E-state index contributed by atoms with van der Waals surface area (Å²) in [6.45, 7) is 5.26. The lowest BCUT2D eigenvalue weighted by Crippen LogP contribution is -2.42. The third-order valence-electron chi connectivity index (χ3n) is 10.5. The summed E-state index contributed by atoms with van der Waals surface area (Å²) in [7, 11) is 1.29. The number of hydrogen-bond acceptors (Lipinski definition) is 6. The van der Waals surface area contributed by atoms with Crippen LogP contribution in [0.4, 0.5) is 4.79 Å². The van der Waals surface area contributed by atoms with Crippen LogP contribution in [0.2, 0.25) is 0 Å². The Hall–Kier alpha value is -6.49. The fraction of sp³-hybridized carbons (Fsp3) is 0.267. The molecule has 0 spiro atoms. The van der Waals surface area contributed by atoms with Crippen LogP contribution in [0.1, 0.15) is 74.0 Å². The molecule has 1 fully saturated rings. The zero-order valence-electron chi connectivity index (χ0n) is 31.9. The van der Waals surface area contributed by atoms with Crippen LogP contribution in [0.25, 0.3) is 33.6 Å². The van der Waals surface area contributed by atoms with Gasteiger partial charge in [-0.2, -0.15) is 0 Å². The molecule has 1 saturated heterocycles.